The average molecular weight is 386 g/mol. The van der Waals surface area contributed by atoms with Crippen molar-refractivity contribution >= 4 is 34.4 Å². The number of aromatic nitrogens is 2. The number of rotatable bonds is 5. The number of nitrogens with zero attached hydrogens (tertiary/aromatic N) is 2. The lowest BCUT2D eigenvalue weighted by molar-refractivity contribution is 0.0596. The number of benzene rings is 1. The van der Waals surface area contributed by atoms with Gasteiger partial charge < -0.3 is 14.8 Å². The van der Waals surface area contributed by atoms with Crippen LogP contribution in [0.15, 0.2) is 42.7 Å². The van der Waals surface area contributed by atoms with Gasteiger partial charge in [0, 0.05) is 34.9 Å². The average Bonchev–Trinajstić information content (AvgIpc) is 2.70. The third-order valence-electron chi connectivity index (χ3n) is 3.91. The molecule has 8 heteroatoms. The third kappa shape index (κ3) is 3.98. The van der Waals surface area contributed by atoms with Crippen LogP contribution in [0.25, 0.3) is 10.9 Å². The van der Waals surface area contributed by atoms with Gasteiger partial charge in [-0.15, -0.1) is 0 Å². The molecule has 3 aromatic rings. The monoisotopic (exact) mass is 385 g/mol. The molecule has 0 spiro atoms. The summed E-state index contributed by atoms with van der Waals surface area (Å²) >= 11 is 6.20. The maximum atomic E-state index is 12.3. The van der Waals surface area contributed by atoms with Crippen molar-refractivity contribution < 1.29 is 19.1 Å². The minimum atomic E-state index is -0.561. The maximum Gasteiger partial charge on any atom is 0.343 e. The van der Waals surface area contributed by atoms with Crippen LogP contribution in [-0.4, -0.2) is 36.1 Å². The van der Waals surface area contributed by atoms with Crippen molar-refractivity contribution in [1.29, 1.82) is 0 Å². The first-order valence-electron chi connectivity index (χ1n) is 7.97. The molecule has 1 amide bonds. The first kappa shape index (κ1) is 18.6. The fourth-order valence-electron chi connectivity index (χ4n) is 2.63. The van der Waals surface area contributed by atoms with Crippen molar-refractivity contribution in [3.8, 4) is 5.88 Å². The van der Waals surface area contributed by atoms with Crippen molar-refractivity contribution in [1.82, 2.24) is 15.3 Å². The molecule has 0 atom stereocenters. The van der Waals surface area contributed by atoms with E-state index in [1.54, 1.807) is 42.7 Å². The van der Waals surface area contributed by atoms with E-state index in [4.69, 9.17) is 21.1 Å². The van der Waals surface area contributed by atoms with Gasteiger partial charge >= 0.3 is 5.97 Å². The number of carbonyl (C=O) groups is 2. The number of pyridine rings is 2. The predicted molar refractivity (Wildman–Crippen MR) is 100 cm³/mol. The Morgan fingerprint density at radius 1 is 1.15 bits per heavy atom. The predicted octanol–water partition coefficient (Wildman–Crippen LogP) is 3.01. The lowest BCUT2D eigenvalue weighted by atomic mass is 10.1. The molecule has 1 N–H and O–H groups in total. The second kappa shape index (κ2) is 8.01. The van der Waals surface area contributed by atoms with Crippen LogP contribution in [-0.2, 0) is 11.3 Å². The fourth-order valence-corrected chi connectivity index (χ4v) is 2.88. The standard InChI is InChI=1S/C19H16ClN3O4/c1-26-18-15(19(25)27-2)9-12-7-14(20)8-13(16(12)23-18)10-22-17(24)11-3-5-21-6-4-11/h3-9H,10H2,1-2H3,(H,22,24). The first-order valence-corrected chi connectivity index (χ1v) is 8.35. The number of esters is 1. The number of amides is 1. The highest BCUT2D eigenvalue weighted by Crippen LogP contribution is 2.28. The second-order valence-corrected chi connectivity index (χ2v) is 6.03. The summed E-state index contributed by atoms with van der Waals surface area (Å²) in [6.45, 7) is 0.200. The number of nitrogens with one attached hydrogen (secondary N) is 1. The quantitative estimate of drug-likeness (QED) is 0.679. The zero-order valence-electron chi connectivity index (χ0n) is 14.7. The number of ether oxygens (including phenoxy) is 2. The van der Waals surface area contributed by atoms with E-state index >= 15 is 0 Å². The summed E-state index contributed by atoms with van der Waals surface area (Å²) in [4.78, 5) is 32.5. The van der Waals surface area contributed by atoms with Crippen LogP contribution in [0.4, 0.5) is 0 Å². The van der Waals surface area contributed by atoms with Crippen LogP contribution in [0, 0.1) is 0 Å². The SMILES string of the molecule is COC(=O)c1cc2cc(Cl)cc(CNC(=O)c3ccncc3)c2nc1OC. The van der Waals surface area contributed by atoms with Gasteiger partial charge in [0.2, 0.25) is 5.88 Å². The fraction of sp³-hybridized carbons (Fsp3) is 0.158. The van der Waals surface area contributed by atoms with Crippen molar-refractivity contribution in [2.75, 3.05) is 14.2 Å². The first-order chi connectivity index (χ1) is 13.0. The van der Waals surface area contributed by atoms with Crippen molar-refractivity contribution in [2.45, 2.75) is 6.54 Å². The summed E-state index contributed by atoms with van der Waals surface area (Å²) in [6.07, 6.45) is 3.09. The number of hydrogen-bond donors (Lipinski definition) is 1. The van der Waals surface area contributed by atoms with E-state index in [1.165, 1.54) is 14.2 Å². The van der Waals surface area contributed by atoms with Crippen LogP contribution in [0.2, 0.25) is 5.02 Å². The Kier molecular flexibility index (Phi) is 5.52. The van der Waals surface area contributed by atoms with E-state index in [1.807, 2.05) is 0 Å². The van der Waals surface area contributed by atoms with Crippen LogP contribution in [0.5, 0.6) is 5.88 Å². The molecular weight excluding hydrogens is 370 g/mol. The minimum absolute atomic E-state index is 0.137. The largest absolute Gasteiger partial charge is 0.480 e. The van der Waals surface area contributed by atoms with Gasteiger partial charge in [-0.05, 0) is 35.9 Å². The van der Waals surface area contributed by atoms with Crippen molar-refractivity contribution in [3.63, 3.8) is 0 Å². The molecule has 2 heterocycles. The Morgan fingerprint density at radius 3 is 2.56 bits per heavy atom. The topological polar surface area (TPSA) is 90.4 Å². The molecule has 7 nitrogen and oxygen atoms in total. The van der Waals surface area contributed by atoms with Gasteiger partial charge in [0.15, 0.2) is 0 Å². The van der Waals surface area contributed by atoms with Crippen molar-refractivity contribution in [3.05, 3.63) is 64.4 Å². The van der Waals surface area contributed by atoms with Gasteiger partial charge in [-0.2, -0.15) is 0 Å². The minimum Gasteiger partial charge on any atom is -0.480 e. The molecule has 27 heavy (non-hydrogen) atoms. The molecule has 0 saturated heterocycles. The highest BCUT2D eigenvalue weighted by atomic mass is 35.5. The van der Waals surface area contributed by atoms with E-state index in [0.717, 1.165) is 0 Å². The molecule has 1 aromatic carbocycles. The number of hydrogen-bond acceptors (Lipinski definition) is 6. The maximum absolute atomic E-state index is 12.3. The molecule has 0 radical (unpaired) electrons. The Balaban J connectivity index is 1.97. The molecular formula is C19H16ClN3O4. The van der Waals surface area contributed by atoms with E-state index in [9.17, 15) is 9.59 Å². The molecule has 0 fully saturated rings. The highest BCUT2D eigenvalue weighted by molar-refractivity contribution is 6.31. The van der Waals surface area contributed by atoms with Gasteiger partial charge in [-0.1, -0.05) is 11.6 Å². The number of fused-ring (bicyclic) bond motifs is 1. The van der Waals surface area contributed by atoms with E-state index in [-0.39, 0.29) is 23.9 Å². The Bertz CT molecular complexity index is 1010. The summed E-state index contributed by atoms with van der Waals surface area (Å²) < 4.78 is 9.98. The summed E-state index contributed by atoms with van der Waals surface area (Å²) in [5.41, 5.74) is 1.95. The lowest BCUT2D eigenvalue weighted by Gasteiger charge is -2.12. The molecule has 0 unspecified atom stereocenters. The van der Waals surface area contributed by atoms with Crippen LogP contribution < -0.4 is 10.1 Å². The smallest absolute Gasteiger partial charge is 0.343 e. The molecule has 2 aromatic heterocycles. The zero-order chi connectivity index (χ0) is 19.4. The number of carbonyl (C=O) groups excluding carboxylic acids is 2. The van der Waals surface area contributed by atoms with Gasteiger partial charge in [0.05, 0.1) is 19.7 Å². The van der Waals surface area contributed by atoms with E-state index in [2.05, 4.69) is 15.3 Å². The zero-order valence-corrected chi connectivity index (χ0v) is 15.4. The van der Waals surface area contributed by atoms with Gasteiger partial charge in [-0.3, -0.25) is 9.78 Å². The molecule has 0 saturated carbocycles. The molecule has 0 bridgehead atoms. The third-order valence-corrected chi connectivity index (χ3v) is 4.13. The number of halogens is 1. The van der Waals surface area contributed by atoms with Crippen molar-refractivity contribution in [2.24, 2.45) is 0 Å². The summed E-state index contributed by atoms with van der Waals surface area (Å²) in [7, 11) is 2.70. The van der Waals surface area contributed by atoms with E-state index in [0.29, 0.717) is 27.1 Å². The Labute approximate surface area is 160 Å². The Morgan fingerprint density at radius 2 is 1.89 bits per heavy atom. The van der Waals surface area contributed by atoms with Gasteiger partial charge in [0.25, 0.3) is 5.91 Å². The van der Waals surface area contributed by atoms with Crippen LogP contribution in [0.3, 0.4) is 0 Å². The normalized spacial score (nSPS) is 10.5. The summed E-state index contributed by atoms with van der Waals surface area (Å²) in [5.74, 6) is -0.671. The second-order valence-electron chi connectivity index (χ2n) is 5.59. The Hall–Kier alpha value is -3.19. The molecule has 0 aliphatic carbocycles. The molecule has 3 rings (SSSR count). The van der Waals surface area contributed by atoms with Crippen LogP contribution >= 0.6 is 11.6 Å². The molecule has 138 valence electrons. The highest BCUT2D eigenvalue weighted by Gasteiger charge is 2.18. The number of methoxy groups -OCH3 is 2. The molecule has 0 aliphatic rings. The van der Waals surface area contributed by atoms with Crippen LogP contribution in [0.1, 0.15) is 26.3 Å². The van der Waals surface area contributed by atoms with Gasteiger partial charge in [-0.25, -0.2) is 9.78 Å². The molecule has 0 aliphatic heterocycles. The lowest BCUT2D eigenvalue weighted by Crippen LogP contribution is -2.23. The summed E-state index contributed by atoms with van der Waals surface area (Å²) in [5, 5.41) is 3.92. The summed E-state index contributed by atoms with van der Waals surface area (Å²) in [6, 6.07) is 8.24. The van der Waals surface area contributed by atoms with Gasteiger partial charge in [0.1, 0.15) is 5.56 Å². The van der Waals surface area contributed by atoms with E-state index < -0.39 is 5.97 Å².